The van der Waals surface area contributed by atoms with Crippen molar-refractivity contribution in [1.29, 1.82) is 0 Å². The fourth-order valence-electron chi connectivity index (χ4n) is 3.59. The summed E-state index contributed by atoms with van der Waals surface area (Å²) in [5, 5.41) is 12.7. The lowest BCUT2D eigenvalue weighted by Gasteiger charge is -2.22. The van der Waals surface area contributed by atoms with Gasteiger partial charge in [0.1, 0.15) is 0 Å². The zero-order chi connectivity index (χ0) is 20.8. The Kier molecular flexibility index (Phi) is 7.43. The molecule has 2 aliphatic carbocycles. The van der Waals surface area contributed by atoms with Crippen molar-refractivity contribution in [3.05, 3.63) is 11.1 Å². The number of amides is 2. The van der Waals surface area contributed by atoms with E-state index >= 15 is 0 Å². The van der Waals surface area contributed by atoms with Gasteiger partial charge in [-0.3, -0.25) is 25.6 Å². The number of rotatable bonds is 11. The molecule has 0 aromatic carbocycles. The number of hydrogen-bond acceptors (Lipinski definition) is 7. The monoisotopic (exact) mass is 428 g/mol. The van der Waals surface area contributed by atoms with E-state index < -0.39 is 17.6 Å². The van der Waals surface area contributed by atoms with Crippen molar-refractivity contribution in [2.75, 3.05) is 23.8 Å². The van der Waals surface area contributed by atoms with Crippen molar-refractivity contribution >= 4 is 35.6 Å². The Hall–Kier alpha value is -2.20. The maximum atomic E-state index is 14.6. The minimum absolute atomic E-state index is 0.0290. The quantitative estimate of drug-likeness (QED) is 0.185. The molecule has 1 atom stereocenters. The van der Waals surface area contributed by atoms with Crippen molar-refractivity contribution in [2.24, 2.45) is 17.8 Å². The average Bonchev–Trinajstić information content (AvgIpc) is 3.40. The second kappa shape index (κ2) is 10.0. The summed E-state index contributed by atoms with van der Waals surface area (Å²) in [7, 11) is 0. The third-order valence-corrected chi connectivity index (χ3v) is 5.54. The van der Waals surface area contributed by atoms with Gasteiger partial charge in [-0.05, 0) is 42.7 Å². The Balaban J connectivity index is 1.62. The van der Waals surface area contributed by atoms with Crippen LogP contribution in [-0.2, 0) is 9.59 Å². The maximum absolute atomic E-state index is 14.6. The van der Waals surface area contributed by atoms with E-state index in [2.05, 4.69) is 26.1 Å². The molecule has 1 aromatic rings. The van der Waals surface area contributed by atoms with Gasteiger partial charge in [0, 0.05) is 6.54 Å². The van der Waals surface area contributed by atoms with E-state index in [1.165, 1.54) is 0 Å². The number of nitrogens with one attached hydrogen (secondary N) is 3. The van der Waals surface area contributed by atoms with E-state index in [0.29, 0.717) is 29.9 Å². The van der Waals surface area contributed by atoms with Crippen LogP contribution in [0.5, 0.6) is 0 Å². The van der Waals surface area contributed by atoms with Gasteiger partial charge in [-0.2, -0.15) is 14.4 Å². The summed E-state index contributed by atoms with van der Waals surface area (Å²) in [6, 6.07) is 0. The van der Waals surface area contributed by atoms with E-state index in [4.69, 9.17) is 11.6 Å². The molecular weight excluding hydrogens is 403 g/mol. The summed E-state index contributed by atoms with van der Waals surface area (Å²) in [4.78, 5) is 31.0. The summed E-state index contributed by atoms with van der Waals surface area (Å²) in [5.74, 6) is -1.29. The first kappa shape index (κ1) is 21.5. The third-order valence-electron chi connectivity index (χ3n) is 5.38. The van der Waals surface area contributed by atoms with Crippen LogP contribution in [0.1, 0.15) is 44.9 Å². The molecule has 0 saturated heterocycles. The molecule has 2 aliphatic rings. The standard InChI is InChI=1S/C18H26ClFN6O3/c19-18-22-15(21-8-12-5-6-12)14(20)16(23-18)24-25-17(28)13(9-26(29)10-27)7-11-3-1-2-4-11/h10-13,29H,1-9H2,(H,25,28)(H2,21,22,23,24)/t13-/m1/s1. The van der Waals surface area contributed by atoms with Crippen molar-refractivity contribution in [2.45, 2.75) is 44.9 Å². The van der Waals surface area contributed by atoms with E-state index in [-0.39, 0.29) is 29.9 Å². The molecule has 1 heterocycles. The molecular formula is C18H26ClFN6O3. The van der Waals surface area contributed by atoms with Crippen LogP contribution < -0.4 is 16.2 Å². The third kappa shape index (κ3) is 6.40. The highest BCUT2D eigenvalue weighted by atomic mass is 35.5. The fraction of sp³-hybridized carbons (Fsp3) is 0.667. The Morgan fingerprint density at radius 1 is 1.24 bits per heavy atom. The second-order valence-corrected chi connectivity index (χ2v) is 8.09. The molecule has 4 N–H and O–H groups in total. The van der Waals surface area contributed by atoms with Gasteiger partial charge in [-0.25, -0.2) is 5.06 Å². The number of hydrogen-bond donors (Lipinski definition) is 4. The highest BCUT2D eigenvalue weighted by molar-refractivity contribution is 6.28. The van der Waals surface area contributed by atoms with Gasteiger partial charge < -0.3 is 5.32 Å². The number of hydrazine groups is 1. The summed E-state index contributed by atoms with van der Waals surface area (Å²) in [5.41, 5.74) is 4.87. The van der Waals surface area contributed by atoms with Gasteiger partial charge >= 0.3 is 0 Å². The summed E-state index contributed by atoms with van der Waals surface area (Å²) in [6.45, 7) is 0.451. The first-order valence-corrected chi connectivity index (χ1v) is 10.3. The number of carbonyl (C=O) groups is 2. The van der Waals surface area contributed by atoms with E-state index in [1.54, 1.807) is 0 Å². The normalized spacial score (nSPS) is 17.6. The average molecular weight is 429 g/mol. The highest BCUT2D eigenvalue weighted by Gasteiger charge is 2.27. The fourth-order valence-corrected chi connectivity index (χ4v) is 3.76. The SMILES string of the molecule is O=CN(O)C[C@@H](CC1CCCC1)C(=O)NNc1nc(Cl)nc(NCC2CC2)c1F. The molecule has 0 spiro atoms. The second-order valence-electron chi connectivity index (χ2n) is 7.75. The number of halogens is 2. The van der Waals surface area contributed by atoms with E-state index in [9.17, 15) is 19.2 Å². The molecule has 9 nitrogen and oxygen atoms in total. The minimum atomic E-state index is -0.751. The molecule has 1 aromatic heterocycles. The van der Waals surface area contributed by atoms with Crippen LogP contribution in [0.15, 0.2) is 0 Å². The predicted molar refractivity (Wildman–Crippen MR) is 105 cm³/mol. The van der Waals surface area contributed by atoms with E-state index in [1.807, 2.05) is 0 Å². The Morgan fingerprint density at radius 2 is 1.93 bits per heavy atom. The van der Waals surface area contributed by atoms with Gasteiger partial charge in [0.05, 0.1) is 12.5 Å². The first-order chi connectivity index (χ1) is 14.0. The van der Waals surface area contributed by atoms with Crippen molar-refractivity contribution in [3.8, 4) is 0 Å². The topological polar surface area (TPSA) is 119 Å². The lowest BCUT2D eigenvalue weighted by molar-refractivity contribution is -0.154. The molecule has 0 aliphatic heterocycles. The summed E-state index contributed by atoms with van der Waals surface area (Å²) < 4.78 is 14.6. The predicted octanol–water partition coefficient (Wildman–Crippen LogP) is 2.58. The number of carbonyl (C=O) groups excluding carboxylic acids is 2. The van der Waals surface area contributed by atoms with Crippen LogP contribution in [0, 0.1) is 23.6 Å². The highest BCUT2D eigenvalue weighted by Crippen LogP contribution is 2.31. The zero-order valence-electron chi connectivity index (χ0n) is 16.0. The van der Waals surface area contributed by atoms with Gasteiger partial charge in [-0.15, -0.1) is 0 Å². The number of anilines is 2. The zero-order valence-corrected chi connectivity index (χ0v) is 16.8. The Labute approximate surface area is 173 Å². The molecule has 0 unspecified atom stereocenters. The van der Waals surface area contributed by atoms with Crippen LogP contribution in [-0.4, -0.2) is 45.6 Å². The maximum Gasteiger partial charge on any atom is 0.243 e. The van der Waals surface area contributed by atoms with Gasteiger partial charge in [-0.1, -0.05) is 25.7 Å². The summed E-state index contributed by atoms with van der Waals surface area (Å²) in [6.07, 6.45) is 7.21. The molecule has 29 heavy (non-hydrogen) atoms. The summed E-state index contributed by atoms with van der Waals surface area (Å²) >= 11 is 5.87. The molecule has 3 rings (SSSR count). The molecule has 2 fully saturated rings. The lowest BCUT2D eigenvalue weighted by Crippen LogP contribution is -2.41. The van der Waals surface area contributed by atoms with Crippen LogP contribution in [0.25, 0.3) is 0 Å². The molecule has 2 saturated carbocycles. The smallest absolute Gasteiger partial charge is 0.243 e. The van der Waals surface area contributed by atoms with Crippen molar-refractivity contribution in [3.63, 3.8) is 0 Å². The largest absolute Gasteiger partial charge is 0.367 e. The number of hydroxylamine groups is 2. The number of aromatic nitrogens is 2. The lowest BCUT2D eigenvalue weighted by atomic mass is 9.92. The van der Waals surface area contributed by atoms with Gasteiger partial charge in [0.25, 0.3) is 0 Å². The van der Waals surface area contributed by atoms with Crippen LogP contribution in [0.3, 0.4) is 0 Å². The Morgan fingerprint density at radius 3 is 2.59 bits per heavy atom. The van der Waals surface area contributed by atoms with Crippen molar-refractivity contribution < 1.29 is 19.2 Å². The Bertz CT molecular complexity index is 730. The molecule has 2 amide bonds. The van der Waals surface area contributed by atoms with Gasteiger partial charge in [0.2, 0.25) is 23.4 Å². The molecule has 11 heteroatoms. The van der Waals surface area contributed by atoms with Crippen LogP contribution in [0.4, 0.5) is 16.0 Å². The van der Waals surface area contributed by atoms with Crippen LogP contribution in [0.2, 0.25) is 5.28 Å². The minimum Gasteiger partial charge on any atom is -0.367 e. The molecule has 0 radical (unpaired) electrons. The van der Waals surface area contributed by atoms with Crippen LogP contribution >= 0.6 is 11.6 Å². The van der Waals surface area contributed by atoms with E-state index in [0.717, 1.165) is 38.5 Å². The molecule has 160 valence electrons. The van der Waals surface area contributed by atoms with Gasteiger partial charge in [0.15, 0.2) is 11.6 Å². The number of nitrogens with zero attached hydrogens (tertiary/aromatic N) is 3. The molecule has 0 bridgehead atoms. The van der Waals surface area contributed by atoms with Crippen molar-refractivity contribution in [1.82, 2.24) is 20.5 Å². The first-order valence-electron chi connectivity index (χ1n) is 9.89.